The summed E-state index contributed by atoms with van der Waals surface area (Å²) in [5.74, 6) is -2.37. The van der Waals surface area contributed by atoms with Gasteiger partial charge in [-0.05, 0) is 34.4 Å². The number of amides is 2. The smallest absolute Gasteiger partial charge is 0.408 e. The van der Waals surface area contributed by atoms with Gasteiger partial charge < -0.3 is 43.8 Å². The minimum absolute atomic E-state index is 0.0173. The summed E-state index contributed by atoms with van der Waals surface area (Å²) in [4.78, 5) is 54.1. The van der Waals surface area contributed by atoms with Gasteiger partial charge >= 0.3 is 18.0 Å². The van der Waals surface area contributed by atoms with E-state index in [1.807, 2.05) is 97.1 Å². The van der Waals surface area contributed by atoms with E-state index in [4.69, 9.17) is 33.2 Å². The number of rotatable bonds is 21. The second kappa shape index (κ2) is 24.0. The Balaban J connectivity index is 1.30. The average molecular weight is 843 g/mol. The number of carbonyl (C=O) groups excluding carboxylic acids is 4. The van der Waals surface area contributed by atoms with Crippen molar-refractivity contribution in [2.24, 2.45) is 0 Å². The van der Waals surface area contributed by atoms with E-state index in [1.165, 1.54) is 6.08 Å². The first-order valence-corrected chi connectivity index (χ1v) is 20.2. The van der Waals surface area contributed by atoms with Gasteiger partial charge in [0, 0.05) is 0 Å². The second-order valence-corrected chi connectivity index (χ2v) is 14.3. The van der Waals surface area contributed by atoms with E-state index in [0.29, 0.717) is 5.56 Å². The lowest BCUT2D eigenvalue weighted by Crippen LogP contribution is -2.66. The van der Waals surface area contributed by atoms with E-state index in [1.54, 1.807) is 54.6 Å². The lowest BCUT2D eigenvalue weighted by atomic mass is 9.96. The van der Waals surface area contributed by atoms with Crippen molar-refractivity contribution in [2.75, 3.05) is 13.2 Å². The molecule has 13 nitrogen and oxygen atoms in total. The third-order valence-corrected chi connectivity index (χ3v) is 9.68. The fourth-order valence-electron chi connectivity index (χ4n) is 6.60. The summed E-state index contributed by atoms with van der Waals surface area (Å²) in [6.45, 7) is 3.78. The summed E-state index contributed by atoms with van der Waals surface area (Å²) in [7, 11) is 0. The van der Waals surface area contributed by atoms with Crippen molar-refractivity contribution >= 4 is 23.9 Å². The molecule has 1 aliphatic heterocycles. The molecule has 0 radical (unpaired) electrons. The van der Waals surface area contributed by atoms with Gasteiger partial charge in [-0.3, -0.25) is 4.79 Å². The van der Waals surface area contributed by atoms with Gasteiger partial charge in [-0.1, -0.05) is 152 Å². The minimum atomic E-state index is -1.48. The van der Waals surface area contributed by atoms with Gasteiger partial charge in [-0.2, -0.15) is 0 Å². The molecule has 62 heavy (non-hydrogen) atoms. The molecule has 2 amide bonds. The predicted molar refractivity (Wildman–Crippen MR) is 228 cm³/mol. The van der Waals surface area contributed by atoms with Crippen molar-refractivity contribution in [1.29, 1.82) is 0 Å². The summed E-state index contributed by atoms with van der Waals surface area (Å²) < 4.78 is 42.9. The van der Waals surface area contributed by atoms with Crippen molar-refractivity contribution in [2.45, 2.75) is 69.5 Å². The number of benzene rings is 5. The zero-order chi connectivity index (χ0) is 43.4. The zero-order valence-electron chi connectivity index (χ0n) is 34.1. The monoisotopic (exact) mass is 842 g/mol. The molecule has 6 rings (SSSR count). The van der Waals surface area contributed by atoms with E-state index in [9.17, 15) is 19.2 Å². The van der Waals surface area contributed by atoms with Gasteiger partial charge in [0.05, 0.1) is 38.4 Å². The summed E-state index contributed by atoms with van der Waals surface area (Å²) in [6, 6.07) is 44.4. The van der Waals surface area contributed by atoms with Crippen LogP contribution in [0.2, 0.25) is 0 Å². The highest BCUT2D eigenvalue weighted by Crippen LogP contribution is 2.30. The van der Waals surface area contributed by atoms with Crippen LogP contribution in [0, 0.1) is 0 Å². The van der Waals surface area contributed by atoms with Crippen LogP contribution in [0.25, 0.3) is 0 Å². The topological polar surface area (TPSA) is 157 Å². The van der Waals surface area contributed by atoms with E-state index in [2.05, 4.69) is 17.2 Å². The van der Waals surface area contributed by atoms with E-state index >= 15 is 0 Å². The van der Waals surface area contributed by atoms with Crippen molar-refractivity contribution in [3.63, 3.8) is 0 Å². The average Bonchev–Trinajstić information content (AvgIpc) is 3.31. The SMILES string of the molecule is C=CCOC(=O)[C@H](CC(=O)N[C@@H]1O[C@H](COCc2ccccc2)[C@H](OCc2ccccc2)[C@H](OCc2ccccc2)[C@H]1OC(=O)c1ccccc1)NC(=O)OCc1ccccc1. The first kappa shape index (κ1) is 44.9. The molecule has 322 valence electrons. The van der Waals surface area contributed by atoms with Crippen molar-refractivity contribution in [3.05, 3.63) is 192 Å². The van der Waals surface area contributed by atoms with Crippen LogP contribution in [0.5, 0.6) is 0 Å². The molecule has 1 aliphatic rings. The number of esters is 2. The standard InChI is InChI=1S/C49H50N2O11/c1-2-28-57-48(54)40(50-49(55)60-33-38-24-14-6-15-25-38)29-42(52)51-46-45(62-47(53)39-26-16-7-17-27-39)44(59-32-37-22-12-5-13-23-37)43(58-31-36-20-10-4-11-21-36)41(61-46)34-56-30-35-18-8-3-9-19-35/h2-27,40-41,43-46H,1,28-34H2,(H,50,55)(H,51,52)/t40-,41+,43-,44-,45+,46+/m0/s1. The zero-order valence-corrected chi connectivity index (χ0v) is 34.1. The van der Waals surface area contributed by atoms with Gasteiger partial charge in [0.2, 0.25) is 5.91 Å². The molecule has 0 saturated carbocycles. The molecule has 0 aromatic heterocycles. The van der Waals surface area contributed by atoms with Crippen LogP contribution in [0.1, 0.15) is 39.0 Å². The van der Waals surface area contributed by atoms with Crippen LogP contribution in [0.3, 0.4) is 0 Å². The van der Waals surface area contributed by atoms with E-state index < -0.39 is 67.0 Å². The van der Waals surface area contributed by atoms with Crippen molar-refractivity contribution in [3.8, 4) is 0 Å². The van der Waals surface area contributed by atoms with Crippen LogP contribution in [-0.4, -0.2) is 73.8 Å². The van der Waals surface area contributed by atoms with E-state index in [-0.39, 0.29) is 45.2 Å². The van der Waals surface area contributed by atoms with Gasteiger partial charge in [0.15, 0.2) is 12.3 Å². The maximum absolute atomic E-state index is 14.1. The highest BCUT2D eigenvalue weighted by atomic mass is 16.6. The Bertz CT molecular complexity index is 2140. The molecule has 0 spiro atoms. The Hall–Kier alpha value is -6.64. The number of carbonyl (C=O) groups is 4. The molecule has 1 saturated heterocycles. The molecule has 1 fully saturated rings. The summed E-state index contributed by atoms with van der Waals surface area (Å²) in [6.07, 6.45) is -5.71. The minimum Gasteiger partial charge on any atom is -0.460 e. The van der Waals surface area contributed by atoms with Gasteiger partial charge in [0.1, 0.15) is 37.6 Å². The molecule has 0 unspecified atom stereocenters. The number of nitrogens with one attached hydrogen (secondary N) is 2. The van der Waals surface area contributed by atoms with Crippen LogP contribution in [-0.2, 0) is 69.2 Å². The molecular formula is C49H50N2O11. The molecule has 13 heteroatoms. The second-order valence-electron chi connectivity index (χ2n) is 14.3. The summed E-state index contributed by atoms with van der Waals surface area (Å²) >= 11 is 0. The normalized spacial score (nSPS) is 18.7. The third-order valence-electron chi connectivity index (χ3n) is 9.68. The van der Waals surface area contributed by atoms with E-state index in [0.717, 1.165) is 16.7 Å². The van der Waals surface area contributed by atoms with Gasteiger partial charge in [-0.15, -0.1) is 0 Å². The first-order valence-electron chi connectivity index (χ1n) is 20.2. The van der Waals surface area contributed by atoms with Gasteiger partial charge in [-0.25, -0.2) is 14.4 Å². The lowest BCUT2D eigenvalue weighted by Gasteiger charge is -2.45. The Kier molecular flexibility index (Phi) is 17.4. The molecule has 6 atom stereocenters. The largest absolute Gasteiger partial charge is 0.460 e. The number of ether oxygens (including phenoxy) is 7. The molecule has 5 aromatic rings. The highest BCUT2D eigenvalue weighted by Gasteiger charge is 2.50. The molecule has 5 aromatic carbocycles. The molecule has 1 heterocycles. The summed E-state index contributed by atoms with van der Waals surface area (Å²) in [5.41, 5.74) is 3.59. The van der Waals surface area contributed by atoms with Gasteiger partial charge in [0.25, 0.3) is 0 Å². The van der Waals surface area contributed by atoms with Crippen LogP contribution >= 0.6 is 0 Å². The Morgan fingerprint density at radius 2 is 1.11 bits per heavy atom. The molecule has 2 N–H and O–H groups in total. The first-order chi connectivity index (χ1) is 30.4. The predicted octanol–water partition coefficient (Wildman–Crippen LogP) is 6.86. The molecule has 0 aliphatic carbocycles. The fraction of sp³-hybridized carbons (Fsp3) is 0.265. The van der Waals surface area contributed by atoms with Crippen molar-refractivity contribution < 1.29 is 52.3 Å². The maximum atomic E-state index is 14.1. The molecular weight excluding hydrogens is 793 g/mol. The van der Waals surface area contributed by atoms with Crippen molar-refractivity contribution in [1.82, 2.24) is 10.6 Å². The Morgan fingerprint density at radius 1 is 0.613 bits per heavy atom. The maximum Gasteiger partial charge on any atom is 0.408 e. The van der Waals surface area contributed by atoms with Crippen LogP contribution < -0.4 is 10.6 Å². The Labute approximate surface area is 360 Å². The quantitative estimate of drug-likeness (QED) is 0.0452. The number of alkyl carbamates (subject to hydrolysis) is 1. The number of hydrogen-bond donors (Lipinski definition) is 2. The van der Waals surface area contributed by atoms with Crippen LogP contribution in [0.4, 0.5) is 4.79 Å². The Morgan fingerprint density at radius 3 is 1.66 bits per heavy atom. The molecule has 0 bridgehead atoms. The van der Waals surface area contributed by atoms with Crippen LogP contribution in [0.15, 0.2) is 164 Å². The fourth-order valence-corrected chi connectivity index (χ4v) is 6.60. The lowest BCUT2D eigenvalue weighted by molar-refractivity contribution is -0.265. The number of hydrogen-bond acceptors (Lipinski definition) is 11. The summed E-state index contributed by atoms with van der Waals surface area (Å²) in [5, 5.41) is 5.26. The highest BCUT2D eigenvalue weighted by molar-refractivity contribution is 5.90. The third kappa shape index (κ3) is 14.0.